The van der Waals surface area contributed by atoms with Crippen molar-refractivity contribution in [1.29, 1.82) is 0 Å². The Hall–Kier alpha value is -1.05. The van der Waals surface area contributed by atoms with Crippen LogP contribution in [0.1, 0.15) is 110 Å². The SMILES string of the molecule is CCCCCCCC/C=C/CCCCCCCC/C=C(\C)C(=O)O. The first-order valence-corrected chi connectivity index (χ1v) is 10.2. The Balaban J connectivity index is 3.21. The fraction of sp³-hybridized carbons (Fsp3) is 0.773. The van der Waals surface area contributed by atoms with Crippen molar-refractivity contribution >= 4 is 5.97 Å². The van der Waals surface area contributed by atoms with Crippen LogP contribution in [0.4, 0.5) is 0 Å². The highest BCUT2D eigenvalue weighted by Crippen LogP contribution is 2.11. The van der Waals surface area contributed by atoms with Crippen molar-refractivity contribution in [3.05, 3.63) is 23.8 Å². The molecule has 0 unspecified atom stereocenters. The average Bonchev–Trinajstić information content (AvgIpc) is 2.57. The van der Waals surface area contributed by atoms with E-state index in [2.05, 4.69) is 19.1 Å². The second kappa shape index (κ2) is 18.3. The fourth-order valence-electron chi connectivity index (χ4n) is 2.80. The highest BCUT2D eigenvalue weighted by atomic mass is 16.4. The highest BCUT2D eigenvalue weighted by Gasteiger charge is 1.97. The van der Waals surface area contributed by atoms with Gasteiger partial charge in [0.2, 0.25) is 0 Å². The largest absolute Gasteiger partial charge is 0.478 e. The Bertz CT molecular complexity index is 342. The summed E-state index contributed by atoms with van der Waals surface area (Å²) in [5, 5.41) is 8.74. The molecule has 0 rings (SSSR count). The summed E-state index contributed by atoms with van der Waals surface area (Å²) in [5.74, 6) is -0.792. The molecule has 2 nitrogen and oxygen atoms in total. The molecule has 0 bridgehead atoms. The highest BCUT2D eigenvalue weighted by molar-refractivity contribution is 5.85. The van der Waals surface area contributed by atoms with E-state index in [-0.39, 0.29) is 0 Å². The third kappa shape index (κ3) is 17.3. The predicted molar refractivity (Wildman–Crippen MR) is 105 cm³/mol. The van der Waals surface area contributed by atoms with Crippen LogP contribution >= 0.6 is 0 Å². The van der Waals surface area contributed by atoms with Crippen molar-refractivity contribution in [3.63, 3.8) is 0 Å². The van der Waals surface area contributed by atoms with Crippen molar-refractivity contribution in [3.8, 4) is 0 Å². The minimum atomic E-state index is -0.792. The summed E-state index contributed by atoms with van der Waals surface area (Å²) in [6.45, 7) is 3.94. The van der Waals surface area contributed by atoms with Crippen molar-refractivity contribution in [2.24, 2.45) is 0 Å². The van der Waals surface area contributed by atoms with Crippen LogP contribution in [0, 0.1) is 0 Å². The van der Waals surface area contributed by atoms with E-state index in [1.807, 2.05) is 6.08 Å². The maximum absolute atomic E-state index is 10.6. The molecule has 0 saturated carbocycles. The van der Waals surface area contributed by atoms with Crippen molar-refractivity contribution in [2.45, 2.75) is 110 Å². The normalized spacial score (nSPS) is 12.2. The van der Waals surface area contributed by atoms with Crippen LogP contribution in [0.5, 0.6) is 0 Å². The van der Waals surface area contributed by atoms with E-state index in [4.69, 9.17) is 5.11 Å². The number of hydrogen-bond donors (Lipinski definition) is 1. The van der Waals surface area contributed by atoms with Gasteiger partial charge in [0.1, 0.15) is 0 Å². The lowest BCUT2D eigenvalue weighted by Gasteiger charge is -2.00. The van der Waals surface area contributed by atoms with Gasteiger partial charge in [0.25, 0.3) is 0 Å². The van der Waals surface area contributed by atoms with E-state index in [9.17, 15) is 4.79 Å². The molecule has 24 heavy (non-hydrogen) atoms. The number of allylic oxidation sites excluding steroid dienone is 3. The topological polar surface area (TPSA) is 37.3 Å². The average molecular weight is 337 g/mol. The Kier molecular flexibility index (Phi) is 17.5. The van der Waals surface area contributed by atoms with Gasteiger partial charge >= 0.3 is 5.97 Å². The summed E-state index contributed by atoms with van der Waals surface area (Å²) in [6, 6.07) is 0. The van der Waals surface area contributed by atoms with Gasteiger partial charge in [-0.3, -0.25) is 0 Å². The van der Waals surface area contributed by atoms with Gasteiger partial charge in [0.15, 0.2) is 0 Å². The van der Waals surface area contributed by atoms with Gasteiger partial charge in [0.05, 0.1) is 0 Å². The predicted octanol–water partition coefficient (Wildman–Crippen LogP) is 7.44. The van der Waals surface area contributed by atoms with E-state index < -0.39 is 5.97 Å². The van der Waals surface area contributed by atoms with Crippen LogP contribution in [0.2, 0.25) is 0 Å². The minimum Gasteiger partial charge on any atom is -0.478 e. The van der Waals surface area contributed by atoms with Crippen LogP contribution in [0.25, 0.3) is 0 Å². The van der Waals surface area contributed by atoms with Crippen molar-refractivity contribution in [1.82, 2.24) is 0 Å². The summed E-state index contributed by atoms with van der Waals surface area (Å²) in [4.78, 5) is 10.6. The monoisotopic (exact) mass is 336 g/mol. The molecule has 0 aromatic carbocycles. The summed E-state index contributed by atoms with van der Waals surface area (Å²) in [6.07, 6.45) is 25.8. The Morgan fingerprint density at radius 3 is 1.58 bits per heavy atom. The number of hydrogen-bond acceptors (Lipinski definition) is 1. The molecule has 0 aromatic rings. The van der Waals surface area contributed by atoms with Gasteiger partial charge < -0.3 is 5.11 Å². The minimum absolute atomic E-state index is 0.475. The molecular weight excluding hydrogens is 296 g/mol. The van der Waals surface area contributed by atoms with Gasteiger partial charge in [-0.05, 0) is 45.4 Å². The van der Waals surface area contributed by atoms with Crippen molar-refractivity contribution < 1.29 is 9.90 Å². The van der Waals surface area contributed by atoms with Gasteiger partial charge in [-0.15, -0.1) is 0 Å². The summed E-state index contributed by atoms with van der Waals surface area (Å²) in [5.41, 5.74) is 0.475. The van der Waals surface area contributed by atoms with E-state index in [0.29, 0.717) is 5.57 Å². The molecule has 0 aliphatic rings. The number of rotatable bonds is 17. The Morgan fingerprint density at radius 1 is 0.708 bits per heavy atom. The first kappa shape index (κ1) is 22.9. The molecule has 2 heteroatoms. The molecular formula is C22H40O2. The van der Waals surface area contributed by atoms with Gasteiger partial charge in [0, 0.05) is 5.57 Å². The van der Waals surface area contributed by atoms with E-state index in [0.717, 1.165) is 12.8 Å². The van der Waals surface area contributed by atoms with Crippen LogP contribution < -0.4 is 0 Å². The van der Waals surface area contributed by atoms with Crippen molar-refractivity contribution in [2.75, 3.05) is 0 Å². The van der Waals surface area contributed by atoms with Crippen LogP contribution in [0.3, 0.4) is 0 Å². The van der Waals surface area contributed by atoms with Crippen LogP contribution in [-0.4, -0.2) is 11.1 Å². The van der Waals surface area contributed by atoms with E-state index >= 15 is 0 Å². The lowest BCUT2D eigenvalue weighted by molar-refractivity contribution is -0.132. The maximum Gasteiger partial charge on any atom is 0.330 e. The quantitative estimate of drug-likeness (QED) is 0.170. The van der Waals surface area contributed by atoms with Crippen LogP contribution in [-0.2, 0) is 4.79 Å². The zero-order valence-electron chi connectivity index (χ0n) is 16.2. The van der Waals surface area contributed by atoms with Crippen LogP contribution in [0.15, 0.2) is 23.8 Å². The molecule has 0 radical (unpaired) electrons. The first-order chi connectivity index (χ1) is 11.7. The van der Waals surface area contributed by atoms with Gasteiger partial charge in [-0.25, -0.2) is 4.79 Å². The molecule has 140 valence electrons. The molecule has 0 saturated heterocycles. The fourth-order valence-corrected chi connectivity index (χ4v) is 2.80. The molecule has 0 aliphatic heterocycles. The Labute approximate surface area is 150 Å². The summed E-state index contributed by atoms with van der Waals surface area (Å²) in [7, 11) is 0. The smallest absolute Gasteiger partial charge is 0.330 e. The lowest BCUT2D eigenvalue weighted by atomic mass is 10.1. The standard InChI is InChI=1S/C22H40O2/c1-3-4-5-6-7-8-9-10-11-12-13-14-15-16-17-18-19-20-21(2)22(23)24/h10-11,20H,3-9,12-19H2,1-2H3,(H,23,24)/b11-10+,21-20+. The van der Waals surface area contributed by atoms with Gasteiger partial charge in [-0.2, -0.15) is 0 Å². The third-order valence-electron chi connectivity index (χ3n) is 4.50. The molecule has 0 fully saturated rings. The maximum atomic E-state index is 10.6. The molecule has 0 amide bonds. The molecule has 0 aromatic heterocycles. The second-order valence-electron chi connectivity index (χ2n) is 6.92. The molecule has 0 spiro atoms. The molecule has 0 aliphatic carbocycles. The molecule has 1 N–H and O–H groups in total. The molecule has 0 heterocycles. The number of aliphatic carboxylic acids is 1. The third-order valence-corrected chi connectivity index (χ3v) is 4.50. The zero-order valence-corrected chi connectivity index (χ0v) is 16.2. The first-order valence-electron chi connectivity index (χ1n) is 10.2. The Morgan fingerprint density at radius 2 is 1.12 bits per heavy atom. The van der Waals surface area contributed by atoms with Gasteiger partial charge in [-0.1, -0.05) is 82.9 Å². The van der Waals surface area contributed by atoms with E-state index in [1.165, 1.54) is 83.5 Å². The lowest BCUT2D eigenvalue weighted by Crippen LogP contribution is -1.95. The molecule has 0 atom stereocenters. The number of carboxylic acid groups (broad SMARTS) is 1. The summed E-state index contributed by atoms with van der Waals surface area (Å²) >= 11 is 0. The summed E-state index contributed by atoms with van der Waals surface area (Å²) < 4.78 is 0. The number of unbranched alkanes of at least 4 members (excludes halogenated alkanes) is 13. The number of carboxylic acids is 1. The zero-order chi connectivity index (χ0) is 17.9. The second-order valence-corrected chi connectivity index (χ2v) is 6.92. The number of carbonyl (C=O) groups is 1. The van der Waals surface area contributed by atoms with E-state index in [1.54, 1.807) is 6.92 Å².